The fourth-order valence-corrected chi connectivity index (χ4v) is 1.64. The van der Waals surface area contributed by atoms with Crippen molar-refractivity contribution < 1.29 is 24.6 Å². The zero-order chi connectivity index (χ0) is 16.7. The minimum atomic E-state index is -1.25. The first-order valence-electron chi connectivity index (χ1n) is 6.83. The van der Waals surface area contributed by atoms with Gasteiger partial charge in [0, 0.05) is 0 Å². The molecule has 4 atom stereocenters. The molecule has 0 radical (unpaired) electrons. The Hall–Kier alpha value is -1.67. The lowest BCUT2D eigenvalue weighted by molar-refractivity contribution is -0.143. The number of carbonyl (C=O) groups excluding carboxylic acids is 2. The summed E-state index contributed by atoms with van der Waals surface area (Å²) in [5.74, 6) is -2.46. The van der Waals surface area contributed by atoms with E-state index in [-0.39, 0.29) is 12.3 Å². The number of aliphatic hydroxyl groups excluding tert-OH is 1. The third-order valence-corrected chi connectivity index (χ3v) is 2.80. The normalized spacial score (nSPS) is 16.7. The van der Waals surface area contributed by atoms with Crippen LogP contribution in [0.5, 0.6) is 0 Å². The Morgan fingerprint density at radius 2 is 1.57 bits per heavy atom. The maximum Gasteiger partial charge on any atom is 0.326 e. The number of nitrogens with one attached hydrogen (secondary N) is 2. The van der Waals surface area contributed by atoms with E-state index in [4.69, 9.17) is 10.8 Å². The number of amides is 2. The van der Waals surface area contributed by atoms with E-state index in [0.717, 1.165) is 0 Å². The molecule has 8 nitrogen and oxygen atoms in total. The fraction of sp³-hybridized carbons (Fsp3) is 0.769. The van der Waals surface area contributed by atoms with Crippen LogP contribution in [0.4, 0.5) is 0 Å². The quantitative estimate of drug-likeness (QED) is 0.382. The molecule has 0 aromatic rings. The van der Waals surface area contributed by atoms with E-state index >= 15 is 0 Å². The van der Waals surface area contributed by atoms with Crippen LogP contribution in [0.15, 0.2) is 0 Å². The Morgan fingerprint density at radius 3 is 1.90 bits per heavy atom. The van der Waals surface area contributed by atoms with Gasteiger partial charge in [-0.05, 0) is 26.2 Å². The number of nitrogens with two attached hydrogens (primary N) is 1. The van der Waals surface area contributed by atoms with Gasteiger partial charge in [0.05, 0.1) is 12.1 Å². The lowest BCUT2D eigenvalue weighted by Crippen LogP contribution is -2.57. The highest BCUT2D eigenvalue weighted by atomic mass is 16.4. The SMILES string of the molecule is CC(C)C[C@H](NC(=O)[C@@H](NC(=O)[C@H](C)N)[C@@H](C)O)C(=O)O. The van der Waals surface area contributed by atoms with E-state index in [9.17, 15) is 19.5 Å². The molecular formula is C13H25N3O5. The van der Waals surface area contributed by atoms with Crippen LogP contribution in [0.2, 0.25) is 0 Å². The van der Waals surface area contributed by atoms with Crippen LogP contribution in [-0.4, -0.2) is 52.2 Å². The van der Waals surface area contributed by atoms with Crippen LogP contribution >= 0.6 is 0 Å². The summed E-state index contributed by atoms with van der Waals surface area (Å²) < 4.78 is 0. The minimum absolute atomic E-state index is 0.0649. The first-order valence-corrected chi connectivity index (χ1v) is 6.83. The van der Waals surface area contributed by atoms with Gasteiger partial charge in [-0.2, -0.15) is 0 Å². The van der Waals surface area contributed by atoms with E-state index in [0.29, 0.717) is 0 Å². The molecule has 0 aliphatic carbocycles. The molecule has 0 saturated heterocycles. The van der Waals surface area contributed by atoms with Crippen LogP contribution in [0.3, 0.4) is 0 Å². The van der Waals surface area contributed by atoms with Crippen molar-refractivity contribution in [2.45, 2.75) is 58.3 Å². The zero-order valence-corrected chi connectivity index (χ0v) is 12.8. The fourth-order valence-electron chi connectivity index (χ4n) is 1.64. The van der Waals surface area contributed by atoms with Gasteiger partial charge in [0.1, 0.15) is 12.1 Å². The third kappa shape index (κ3) is 7.05. The van der Waals surface area contributed by atoms with E-state index in [1.54, 1.807) is 0 Å². The molecule has 0 fully saturated rings. The van der Waals surface area contributed by atoms with Gasteiger partial charge in [-0.3, -0.25) is 9.59 Å². The number of aliphatic hydroxyl groups is 1. The largest absolute Gasteiger partial charge is 0.480 e. The number of aliphatic carboxylic acids is 1. The number of hydrogen-bond acceptors (Lipinski definition) is 5. The van der Waals surface area contributed by atoms with E-state index in [2.05, 4.69) is 10.6 Å². The number of carbonyl (C=O) groups is 3. The molecule has 0 aliphatic heterocycles. The van der Waals surface area contributed by atoms with Crippen molar-refractivity contribution in [2.24, 2.45) is 11.7 Å². The second kappa shape index (κ2) is 8.58. The highest BCUT2D eigenvalue weighted by Crippen LogP contribution is 2.06. The number of carboxylic acid groups (broad SMARTS) is 1. The number of carboxylic acids is 1. The van der Waals surface area contributed by atoms with E-state index in [1.807, 2.05) is 13.8 Å². The summed E-state index contributed by atoms with van der Waals surface area (Å²) in [5, 5.41) is 23.3. The van der Waals surface area contributed by atoms with Crippen LogP contribution < -0.4 is 16.4 Å². The van der Waals surface area contributed by atoms with Crippen LogP contribution in [0.1, 0.15) is 34.1 Å². The average molecular weight is 303 g/mol. The lowest BCUT2D eigenvalue weighted by Gasteiger charge is -2.24. The van der Waals surface area contributed by atoms with Gasteiger partial charge >= 0.3 is 5.97 Å². The minimum Gasteiger partial charge on any atom is -0.480 e. The average Bonchev–Trinajstić information content (AvgIpc) is 2.33. The second-order valence-electron chi connectivity index (χ2n) is 5.54. The van der Waals surface area contributed by atoms with Gasteiger partial charge in [0.15, 0.2) is 0 Å². The Morgan fingerprint density at radius 1 is 1.05 bits per heavy atom. The lowest BCUT2D eigenvalue weighted by atomic mass is 10.0. The third-order valence-electron chi connectivity index (χ3n) is 2.80. The van der Waals surface area contributed by atoms with Gasteiger partial charge < -0.3 is 26.6 Å². The van der Waals surface area contributed by atoms with Gasteiger partial charge in [0.2, 0.25) is 11.8 Å². The Balaban J connectivity index is 4.88. The topological polar surface area (TPSA) is 142 Å². The molecule has 0 bridgehead atoms. The van der Waals surface area contributed by atoms with Gasteiger partial charge in [0.25, 0.3) is 0 Å². The maximum atomic E-state index is 12.0. The van der Waals surface area contributed by atoms with Crippen LogP contribution in [0, 0.1) is 5.92 Å². The smallest absolute Gasteiger partial charge is 0.326 e. The van der Waals surface area contributed by atoms with Crippen LogP contribution in [-0.2, 0) is 14.4 Å². The van der Waals surface area contributed by atoms with Crippen molar-refractivity contribution in [3.05, 3.63) is 0 Å². The van der Waals surface area contributed by atoms with Crippen molar-refractivity contribution in [1.29, 1.82) is 0 Å². The molecule has 0 heterocycles. The zero-order valence-electron chi connectivity index (χ0n) is 12.8. The molecule has 122 valence electrons. The molecule has 0 aromatic carbocycles. The van der Waals surface area contributed by atoms with Crippen molar-refractivity contribution in [3.63, 3.8) is 0 Å². The molecule has 0 aromatic heterocycles. The molecule has 0 unspecified atom stereocenters. The monoisotopic (exact) mass is 303 g/mol. The van der Waals surface area contributed by atoms with Crippen molar-refractivity contribution in [3.8, 4) is 0 Å². The first-order chi connectivity index (χ1) is 9.56. The van der Waals surface area contributed by atoms with Gasteiger partial charge in [-0.25, -0.2) is 4.79 Å². The summed E-state index contributed by atoms with van der Waals surface area (Å²) in [7, 11) is 0. The predicted molar refractivity (Wildman–Crippen MR) is 76.3 cm³/mol. The van der Waals surface area contributed by atoms with Crippen molar-refractivity contribution in [2.75, 3.05) is 0 Å². The number of rotatable bonds is 8. The molecule has 21 heavy (non-hydrogen) atoms. The summed E-state index contributed by atoms with van der Waals surface area (Å²) in [4.78, 5) is 34.7. The van der Waals surface area contributed by atoms with Gasteiger partial charge in [-0.15, -0.1) is 0 Å². The Bertz CT molecular complexity index is 382. The molecule has 8 heteroatoms. The predicted octanol–water partition coefficient (Wildman–Crippen LogP) is -1.19. The highest BCUT2D eigenvalue weighted by Gasteiger charge is 2.30. The highest BCUT2D eigenvalue weighted by molar-refractivity contribution is 5.92. The van der Waals surface area contributed by atoms with Crippen molar-refractivity contribution >= 4 is 17.8 Å². The maximum absolute atomic E-state index is 12.0. The Kier molecular flexibility index (Phi) is 7.90. The van der Waals surface area contributed by atoms with E-state index < -0.39 is 42.0 Å². The van der Waals surface area contributed by atoms with Crippen molar-refractivity contribution in [1.82, 2.24) is 10.6 Å². The molecule has 0 aliphatic rings. The number of hydrogen-bond donors (Lipinski definition) is 5. The summed E-state index contributed by atoms with van der Waals surface area (Å²) in [5.41, 5.74) is 5.38. The molecule has 0 spiro atoms. The first kappa shape index (κ1) is 19.3. The molecule has 6 N–H and O–H groups in total. The van der Waals surface area contributed by atoms with Crippen LogP contribution in [0.25, 0.3) is 0 Å². The molecule has 0 saturated carbocycles. The molecule has 2 amide bonds. The van der Waals surface area contributed by atoms with Gasteiger partial charge in [-0.1, -0.05) is 13.8 Å². The second-order valence-corrected chi connectivity index (χ2v) is 5.54. The standard InChI is InChI=1S/C13H25N3O5/c1-6(2)5-9(13(20)21)15-12(19)10(8(4)17)16-11(18)7(3)14/h6-10,17H,5,14H2,1-4H3,(H,15,19)(H,16,18)(H,20,21)/t7-,8+,9-,10-/m0/s1. The van der Waals surface area contributed by atoms with E-state index in [1.165, 1.54) is 13.8 Å². The summed E-state index contributed by atoms with van der Waals surface area (Å²) in [6.45, 7) is 6.41. The summed E-state index contributed by atoms with van der Waals surface area (Å²) >= 11 is 0. The molecular weight excluding hydrogens is 278 g/mol. The molecule has 0 rings (SSSR count). The Labute approximate surface area is 124 Å². The summed E-state index contributed by atoms with van der Waals surface area (Å²) in [6, 6.07) is -3.17. The summed E-state index contributed by atoms with van der Waals surface area (Å²) in [6.07, 6.45) is -0.935.